The van der Waals surface area contributed by atoms with Crippen LogP contribution in [0, 0.1) is 0 Å². The van der Waals surface area contributed by atoms with Crippen molar-refractivity contribution >= 4 is 38.2 Å². The van der Waals surface area contributed by atoms with Crippen molar-refractivity contribution in [3.05, 3.63) is 65.0 Å². The number of sulfone groups is 1. The maximum absolute atomic E-state index is 12.8. The summed E-state index contributed by atoms with van der Waals surface area (Å²) in [5.74, 6) is -1.05. The van der Waals surface area contributed by atoms with E-state index in [2.05, 4.69) is 10.3 Å². The fourth-order valence-corrected chi connectivity index (χ4v) is 4.74. The normalized spacial score (nSPS) is 11.4. The van der Waals surface area contributed by atoms with Gasteiger partial charge < -0.3 is 4.74 Å². The number of hydrogen-bond acceptors (Lipinski definition) is 7. The summed E-state index contributed by atoms with van der Waals surface area (Å²) in [6, 6.07) is 14.9. The van der Waals surface area contributed by atoms with Crippen molar-refractivity contribution in [1.82, 2.24) is 4.98 Å². The fraction of sp³-hybridized carbons (Fsp3) is 0.227. The van der Waals surface area contributed by atoms with Crippen molar-refractivity contribution < 1.29 is 22.7 Å². The summed E-state index contributed by atoms with van der Waals surface area (Å²) in [5.41, 5.74) is 1.30. The summed E-state index contributed by atoms with van der Waals surface area (Å²) in [6.45, 7) is 5.09. The topological polar surface area (TPSA) is 102 Å². The lowest BCUT2D eigenvalue weighted by Gasteiger charge is -2.09. The predicted octanol–water partition coefficient (Wildman–Crippen LogP) is 4.42. The molecule has 31 heavy (non-hydrogen) atoms. The molecule has 1 amide bonds. The molecule has 0 spiro atoms. The average molecular weight is 459 g/mol. The molecule has 1 aromatic heterocycles. The van der Waals surface area contributed by atoms with E-state index in [1.807, 2.05) is 30.3 Å². The smallest absolute Gasteiger partial charge is 0.350 e. The van der Waals surface area contributed by atoms with Crippen molar-refractivity contribution in [3.8, 4) is 11.3 Å². The van der Waals surface area contributed by atoms with Crippen LogP contribution in [-0.2, 0) is 14.6 Å². The van der Waals surface area contributed by atoms with Gasteiger partial charge in [0.05, 0.1) is 22.4 Å². The van der Waals surface area contributed by atoms with Crippen LogP contribution in [0.15, 0.2) is 59.5 Å². The van der Waals surface area contributed by atoms with Gasteiger partial charge in [0.15, 0.2) is 15.0 Å². The van der Waals surface area contributed by atoms with E-state index >= 15 is 0 Å². The Balaban J connectivity index is 1.93. The van der Waals surface area contributed by atoms with Gasteiger partial charge >= 0.3 is 5.97 Å². The Morgan fingerprint density at radius 2 is 1.81 bits per heavy atom. The Morgan fingerprint density at radius 3 is 2.45 bits per heavy atom. The molecule has 0 unspecified atom stereocenters. The van der Waals surface area contributed by atoms with Crippen molar-refractivity contribution in [2.24, 2.45) is 0 Å². The van der Waals surface area contributed by atoms with E-state index in [4.69, 9.17) is 4.74 Å². The largest absolute Gasteiger partial charge is 0.462 e. The zero-order chi connectivity index (χ0) is 22.6. The van der Waals surface area contributed by atoms with Crippen LogP contribution in [0.3, 0.4) is 0 Å². The lowest BCUT2D eigenvalue weighted by molar-refractivity contribution is 0.0532. The molecule has 2 aromatic carbocycles. The molecule has 0 saturated heterocycles. The zero-order valence-corrected chi connectivity index (χ0v) is 18.9. The fourth-order valence-electron chi connectivity index (χ4n) is 2.76. The van der Waals surface area contributed by atoms with Gasteiger partial charge in [0, 0.05) is 11.1 Å². The lowest BCUT2D eigenvalue weighted by Crippen LogP contribution is -2.16. The maximum atomic E-state index is 12.8. The van der Waals surface area contributed by atoms with E-state index in [0.29, 0.717) is 11.3 Å². The zero-order valence-electron chi connectivity index (χ0n) is 17.3. The van der Waals surface area contributed by atoms with E-state index < -0.39 is 27.0 Å². The summed E-state index contributed by atoms with van der Waals surface area (Å²) in [4.78, 5) is 29.9. The molecular weight excluding hydrogens is 436 g/mol. The molecule has 3 rings (SSSR count). The molecular formula is C22H22N2O5S2. The molecule has 0 bridgehead atoms. The third-order valence-electron chi connectivity index (χ3n) is 4.40. The number of nitrogens with one attached hydrogen (secondary N) is 1. The van der Waals surface area contributed by atoms with Gasteiger partial charge in [-0.2, -0.15) is 0 Å². The number of aromatic nitrogens is 1. The van der Waals surface area contributed by atoms with Crippen molar-refractivity contribution in [2.45, 2.75) is 30.9 Å². The molecule has 1 N–H and O–H groups in total. The van der Waals surface area contributed by atoms with E-state index in [1.165, 1.54) is 24.3 Å². The number of thiazole rings is 1. The van der Waals surface area contributed by atoms with Gasteiger partial charge in [-0.1, -0.05) is 47.7 Å². The predicted molar refractivity (Wildman–Crippen MR) is 120 cm³/mol. The molecule has 0 atom stereocenters. The van der Waals surface area contributed by atoms with Crippen LogP contribution in [0.4, 0.5) is 5.13 Å². The van der Waals surface area contributed by atoms with Crippen LogP contribution < -0.4 is 5.32 Å². The molecule has 7 nitrogen and oxygen atoms in total. The first-order valence-corrected chi connectivity index (χ1v) is 12.0. The second-order valence-electron chi connectivity index (χ2n) is 6.86. The maximum Gasteiger partial charge on any atom is 0.350 e. The number of rotatable bonds is 7. The number of ether oxygens (including phenoxy) is 1. The van der Waals surface area contributed by atoms with Crippen LogP contribution in [0.25, 0.3) is 11.3 Å². The standard InChI is InChI=1S/C22H22N2O5S2/c1-4-29-21(26)19-18(15-9-6-5-7-10-15)23-22(30-19)24-20(25)16-11-8-12-17(13-16)31(27,28)14(2)3/h5-14H,4H2,1-3H3,(H,23,24,25). The molecule has 162 valence electrons. The summed E-state index contributed by atoms with van der Waals surface area (Å²) in [5, 5.41) is 2.27. The van der Waals surface area contributed by atoms with Gasteiger partial charge in [0.2, 0.25) is 0 Å². The Morgan fingerprint density at radius 1 is 1.10 bits per heavy atom. The summed E-state index contributed by atoms with van der Waals surface area (Å²) < 4.78 is 29.9. The van der Waals surface area contributed by atoms with E-state index in [-0.39, 0.29) is 27.1 Å². The Bertz CT molecular complexity index is 1200. The minimum absolute atomic E-state index is 0.0754. The second-order valence-corrected chi connectivity index (χ2v) is 10.4. The third kappa shape index (κ3) is 5.00. The third-order valence-corrected chi connectivity index (χ3v) is 7.50. The molecule has 0 aliphatic heterocycles. The van der Waals surface area contributed by atoms with E-state index in [0.717, 1.165) is 11.3 Å². The first kappa shape index (κ1) is 22.6. The lowest BCUT2D eigenvalue weighted by atomic mass is 10.1. The molecule has 0 radical (unpaired) electrons. The van der Waals surface area contributed by atoms with E-state index in [9.17, 15) is 18.0 Å². The minimum atomic E-state index is -3.52. The number of nitrogens with zero attached hydrogens (tertiary/aromatic N) is 1. The molecule has 0 aliphatic rings. The number of carbonyl (C=O) groups excluding carboxylic acids is 2. The van der Waals surface area contributed by atoms with Gasteiger partial charge in [0.25, 0.3) is 5.91 Å². The Labute approximate surface area is 185 Å². The van der Waals surface area contributed by atoms with Gasteiger partial charge in [-0.15, -0.1) is 0 Å². The highest BCUT2D eigenvalue weighted by molar-refractivity contribution is 7.92. The average Bonchev–Trinajstić information content (AvgIpc) is 3.18. The number of hydrogen-bond donors (Lipinski definition) is 1. The molecule has 9 heteroatoms. The summed E-state index contributed by atoms with van der Waals surface area (Å²) >= 11 is 1.00. The Hall–Kier alpha value is -3.04. The van der Waals surface area contributed by atoms with Crippen LogP contribution in [0.2, 0.25) is 0 Å². The first-order valence-electron chi connectivity index (χ1n) is 9.62. The van der Waals surface area contributed by atoms with Crippen LogP contribution in [0.1, 0.15) is 40.8 Å². The molecule has 3 aromatic rings. The number of amides is 1. The molecule has 0 saturated carbocycles. The van der Waals surface area contributed by atoms with Gasteiger partial charge in [-0.05, 0) is 39.0 Å². The van der Waals surface area contributed by atoms with Crippen LogP contribution in [0.5, 0.6) is 0 Å². The second kappa shape index (κ2) is 9.40. The van der Waals surface area contributed by atoms with Crippen LogP contribution >= 0.6 is 11.3 Å². The highest BCUT2D eigenvalue weighted by Gasteiger charge is 2.23. The van der Waals surface area contributed by atoms with Crippen molar-refractivity contribution in [3.63, 3.8) is 0 Å². The molecule has 0 fully saturated rings. The van der Waals surface area contributed by atoms with Gasteiger partial charge in [0.1, 0.15) is 4.88 Å². The van der Waals surface area contributed by atoms with E-state index in [1.54, 1.807) is 20.8 Å². The van der Waals surface area contributed by atoms with Crippen molar-refractivity contribution in [2.75, 3.05) is 11.9 Å². The van der Waals surface area contributed by atoms with Crippen molar-refractivity contribution in [1.29, 1.82) is 0 Å². The minimum Gasteiger partial charge on any atom is -0.462 e. The monoisotopic (exact) mass is 458 g/mol. The number of carbonyl (C=O) groups is 2. The highest BCUT2D eigenvalue weighted by atomic mass is 32.2. The summed E-state index contributed by atoms with van der Waals surface area (Å²) in [7, 11) is -3.52. The highest BCUT2D eigenvalue weighted by Crippen LogP contribution is 2.32. The number of esters is 1. The van der Waals surface area contributed by atoms with Crippen LogP contribution in [-0.4, -0.2) is 37.1 Å². The van der Waals surface area contributed by atoms with Gasteiger partial charge in [-0.25, -0.2) is 18.2 Å². The SMILES string of the molecule is CCOC(=O)c1sc(NC(=O)c2cccc(S(=O)(=O)C(C)C)c2)nc1-c1ccccc1. The first-order chi connectivity index (χ1) is 14.7. The Kier molecular flexibility index (Phi) is 6.87. The summed E-state index contributed by atoms with van der Waals surface area (Å²) in [6.07, 6.45) is 0. The number of benzene rings is 2. The quantitative estimate of drug-likeness (QED) is 0.526. The molecule has 0 aliphatic carbocycles. The van der Waals surface area contributed by atoms with Gasteiger partial charge in [-0.3, -0.25) is 10.1 Å². The molecule has 1 heterocycles. The number of anilines is 1.